The molecule has 0 fully saturated rings. The number of furan rings is 1. The van der Waals surface area contributed by atoms with Crippen molar-refractivity contribution in [2.24, 2.45) is 0 Å². The zero-order chi connectivity index (χ0) is 27.5. The Labute approximate surface area is 233 Å². The van der Waals surface area contributed by atoms with Crippen molar-refractivity contribution in [1.29, 1.82) is 0 Å². The molecule has 3 heterocycles. The molecule has 0 bridgehead atoms. The van der Waals surface area contributed by atoms with Gasteiger partial charge in [-0.3, -0.25) is 14.7 Å². The minimum Gasteiger partial charge on any atom is -0.437 e. The first-order valence-electron chi connectivity index (χ1n) is 13.2. The van der Waals surface area contributed by atoms with Crippen molar-refractivity contribution < 1.29 is 9.34 Å². The summed E-state index contributed by atoms with van der Waals surface area (Å²) >= 11 is 0. The quantitative estimate of drug-likeness (QED) is 0.167. The lowest BCUT2D eigenvalue weighted by molar-refractivity contribution is -0.384. The predicted octanol–water partition coefficient (Wildman–Crippen LogP) is 8.72. The van der Waals surface area contributed by atoms with Crippen molar-refractivity contribution in [2.75, 3.05) is 0 Å². The van der Waals surface area contributed by atoms with E-state index in [2.05, 4.69) is 28.8 Å². The van der Waals surface area contributed by atoms with Gasteiger partial charge in [0.15, 0.2) is 0 Å². The number of para-hydroxylation sites is 4. The molecule has 0 saturated heterocycles. The van der Waals surface area contributed by atoms with Crippen molar-refractivity contribution in [1.82, 2.24) is 14.5 Å². The largest absolute Gasteiger partial charge is 0.437 e. The second-order valence-electron chi connectivity index (χ2n) is 9.85. The third-order valence-electron chi connectivity index (χ3n) is 7.57. The van der Waals surface area contributed by atoms with Gasteiger partial charge in [0.25, 0.3) is 5.69 Å². The molecule has 194 valence electrons. The van der Waals surface area contributed by atoms with E-state index in [4.69, 9.17) is 14.4 Å². The molecular weight excluding hydrogens is 512 g/mol. The lowest BCUT2D eigenvalue weighted by atomic mass is 10.00. The fourth-order valence-corrected chi connectivity index (χ4v) is 5.80. The first-order valence-corrected chi connectivity index (χ1v) is 13.2. The number of nitro groups is 1. The lowest BCUT2D eigenvalue weighted by Gasteiger charge is -2.09. The molecule has 0 amide bonds. The molecule has 0 aliphatic heterocycles. The predicted molar refractivity (Wildman–Crippen MR) is 161 cm³/mol. The van der Waals surface area contributed by atoms with E-state index in [0.29, 0.717) is 28.4 Å². The van der Waals surface area contributed by atoms with Crippen LogP contribution < -0.4 is 0 Å². The van der Waals surface area contributed by atoms with Crippen LogP contribution in [0.25, 0.3) is 72.2 Å². The summed E-state index contributed by atoms with van der Waals surface area (Å²) in [5.74, 6) is 0.486. The number of benzene rings is 5. The summed E-state index contributed by atoms with van der Waals surface area (Å²) in [4.78, 5) is 21.7. The van der Waals surface area contributed by atoms with Gasteiger partial charge in [-0.25, -0.2) is 4.98 Å². The molecule has 8 aromatic rings. The highest BCUT2D eigenvalue weighted by Gasteiger charge is 2.24. The van der Waals surface area contributed by atoms with Gasteiger partial charge in [0.2, 0.25) is 11.7 Å². The Hall–Kier alpha value is -5.82. The normalized spacial score (nSPS) is 11.6. The molecule has 0 saturated carbocycles. The molecular formula is C34H20N4O3. The van der Waals surface area contributed by atoms with Crippen LogP contribution in [0, 0.1) is 10.1 Å². The highest BCUT2D eigenvalue weighted by atomic mass is 16.6. The van der Waals surface area contributed by atoms with E-state index < -0.39 is 0 Å². The molecule has 7 heteroatoms. The molecule has 8 rings (SSSR count). The zero-order valence-electron chi connectivity index (χ0n) is 21.6. The highest BCUT2D eigenvalue weighted by Crippen LogP contribution is 2.42. The van der Waals surface area contributed by atoms with E-state index in [1.807, 2.05) is 72.8 Å². The van der Waals surface area contributed by atoms with Crippen molar-refractivity contribution in [3.63, 3.8) is 0 Å². The van der Waals surface area contributed by atoms with Crippen LogP contribution in [0.15, 0.2) is 126 Å². The van der Waals surface area contributed by atoms with Crippen molar-refractivity contribution in [2.45, 2.75) is 0 Å². The van der Waals surface area contributed by atoms with Crippen LogP contribution in [0.3, 0.4) is 0 Å². The van der Waals surface area contributed by atoms with Gasteiger partial charge in [-0.1, -0.05) is 97.1 Å². The van der Waals surface area contributed by atoms with Crippen LogP contribution in [0.2, 0.25) is 0 Å². The van der Waals surface area contributed by atoms with Gasteiger partial charge in [0.1, 0.15) is 5.58 Å². The Morgan fingerprint density at radius 1 is 0.634 bits per heavy atom. The SMILES string of the molecule is O=[N+]([O-])c1ccccc1-c1cccc2c1oc1nc(-n3c4ccccc4c4ccccc43)nc(-c3ccccc3)c12. The van der Waals surface area contributed by atoms with Crippen LogP contribution in [0.5, 0.6) is 0 Å². The van der Waals surface area contributed by atoms with Crippen molar-refractivity contribution >= 4 is 49.6 Å². The minimum atomic E-state index is -0.369. The number of nitrogens with zero attached hydrogens (tertiary/aromatic N) is 4. The summed E-state index contributed by atoms with van der Waals surface area (Å²) < 4.78 is 8.57. The molecule has 0 aliphatic carbocycles. The van der Waals surface area contributed by atoms with Crippen LogP contribution >= 0.6 is 0 Å². The summed E-state index contributed by atoms with van der Waals surface area (Å²) in [6.45, 7) is 0. The maximum absolute atomic E-state index is 11.9. The average molecular weight is 533 g/mol. The number of hydrogen-bond donors (Lipinski definition) is 0. The van der Waals surface area contributed by atoms with Crippen LogP contribution in [-0.2, 0) is 0 Å². The Kier molecular flexibility index (Phi) is 4.99. The van der Waals surface area contributed by atoms with Gasteiger partial charge >= 0.3 is 0 Å². The topological polar surface area (TPSA) is 87.0 Å². The summed E-state index contributed by atoms with van der Waals surface area (Å²) in [5.41, 5.74) is 5.70. The number of aromatic nitrogens is 3. The smallest absolute Gasteiger partial charge is 0.277 e. The summed E-state index contributed by atoms with van der Waals surface area (Å²) in [6, 6.07) is 38.8. The summed E-state index contributed by atoms with van der Waals surface area (Å²) in [6.07, 6.45) is 0. The van der Waals surface area contributed by atoms with Crippen LogP contribution in [0.1, 0.15) is 0 Å². The van der Waals surface area contributed by atoms with Crippen molar-refractivity contribution in [3.05, 3.63) is 131 Å². The molecule has 0 atom stereocenters. The molecule has 0 aliphatic rings. The monoisotopic (exact) mass is 532 g/mol. The molecule has 7 nitrogen and oxygen atoms in total. The fraction of sp³-hybridized carbons (Fsp3) is 0. The Morgan fingerprint density at radius 2 is 1.24 bits per heavy atom. The van der Waals surface area contributed by atoms with Gasteiger partial charge in [0.05, 0.1) is 32.6 Å². The number of rotatable bonds is 4. The zero-order valence-corrected chi connectivity index (χ0v) is 21.6. The Morgan fingerprint density at radius 3 is 1.98 bits per heavy atom. The average Bonchev–Trinajstić information content (AvgIpc) is 3.57. The van der Waals surface area contributed by atoms with Gasteiger partial charge < -0.3 is 4.42 Å². The first-order chi connectivity index (χ1) is 20.2. The molecule has 41 heavy (non-hydrogen) atoms. The number of nitro benzene ring substituents is 1. The Balaban J connectivity index is 1.50. The molecule has 0 N–H and O–H groups in total. The van der Waals surface area contributed by atoms with Crippen LogP contribution in [-0.4, -0.2) is 19.5 Å². The standard InChI is InChI=1S/C34H20N4O3/c39-38(40)29-20-9-6-15-24(29)25-16-10-17-26-30-31(21-11-2-1-3-12-21)35-34(36-33(30)41-32(25)26)37-27-18-7-4-13-22(27)23-14-5-8-19-28(23)37/h1-20H. The second-order valence-corrected chi connectivity index (χ2v) is 9.85. The highest BCUT2D eigenvalue weighted by molar-refractivity contribution is 6.14. The molecule has 5 aromatic carbocycles. The number of hydrogen-bond acceptors (Lipinski definition) is 5. The molecule has 0 unspecified atom stereocenters. The van der Waals surface area contributed by atoms with E-state index in [1.54, 1.807) is 18.2 Å². The molecule has 0 radical (unpaired) electrons. The van der Waals surface area contributed by atoms with Crippen LogP contribution in [0.4, 0.5) is 5.69 Å². The third-order valence-corrected chi connectivity index (χ3v) is 7.57. The second kappa shape index (κ2) is 8.86. The van der Waals surface area contributed by atoms with Gasteiger partial charge in [-0.15, -0.1) is 0 Å². The summed E-state index contributed by atoms with van der Waals surface area (Å²) in [5, 5.41) is 15.7. The number of fused-ring (bicyclic) bond motifs is 6. The maximum atomic E-state index is 11.9. The van der Waals surface area contributed by atoms with E-state index in [0.717, 1.165) is 43.8 Å². The van der Waals surface area contributed by atoms with E-state index in [1.165, 1.54) is 6.07 Å². The minimum absolute atomic E-state index is 0.0146. The van der Waals surface area contributed by atoms with Gasteiger partial charge in [-0.05, 0) is 18.2 Å². The first kappa shape index (κ1) is 23.1. The van der Waals surface area contributed by atoms with Crippen molar-refractivity contribution in [3.8, 4) is 28.3 Å². The molecule has 0 spiro atoms. The molecule has 3 aromatic heterocycles. The fourth-order valence-electron chi connectivity index (χ4n) is 5.80. The van der Waals surface area contributed by atoms with Gasteiger partial charge in [0, 0.05) is 33.4 Å². The third kappa shape index (κ3) is 3.46. The Bertz CT molecular complexity index is 2250. The lowest BCUT2D eigenvalue weighted by Crippen LogP contribution is -2.02. The maximum Gasteiger partial charge on any atom is 0.277 e. The van der Waals surface area contributed by atoms with E-state index in [9.17, 15) is 10.1 Å². The van der Waals surface area contributed by atoms with Gasteiger partial charge in [-0.2, -0.15) is 4.98 Å². The summed E-state index contributed by atoms with van der Waals surface area (Å²) in [7, 11) is 0. The van der Waals surface area contributed by atoms with E-state index in [-0.39, 0.29) is 10.6 Å². The van der Waals surface area contributed by atoms with E-state index >= 15 is 0 Å².